The SMILES string of the molecule is CCCSc1nnc(NC(=O)COc2cccc(Cl)c2)s1. The highest BCUT2D eigenvalue weighted by Crippen LogP contribution is 2.25. The van der Waals surface area contributed by atoms with Gasteiger partial charge in [-0.05, 0) is 24.6 Å². The molecule has 1 amide bonds. The molecule has 0 saturated heterocycles. The Morgan fingerprint density at radius 3 is 3.10 bits per heavy atom. The Morgan fingerprint density at radius 2 is 2.33 bits per heavy atom. The van der Waals surface area contributed by atoms with Crippen LogP contribution >= 0.6 is 34.7 Å². The number of nitrogens with one attached hydrogen (secondary N) is 1. The molecule has 0 fully saturated rings. The molecule has 0 aliphatic heterocycles. The molecule has 0 aliphatic rings. The Morgan fingerprint density at radius 1 is 1.48 bits per heavy atom. The number of carbonyl (C=O) groups is 1. The van der Waals surface area contributed by atoms with Crippen LogP contribution in [0.1, 0.15) is 13.3 Å². The van der Waals surface area contributed by atoms with Crippen molar-refractivity contribution < 1.29 is 9.53 Å². The van der Waals surface area contributed by atoms with Gasteiger partial charge < -0.3 is 4.74 Å². The molecular formula is C13H14ClN3O2S2. The Hall–Kier alpha value is -1.31. The third-order valence-corrected chi connectivity index (χ3v) is 4.66. The van der Waals surface area contributed by atoms with E-state index in [0.717, 1.165) is 16.5 Å². The van der Waals surface area contributed by atoms with Crippen LogP contribution in [0.15, 0.2) is 28.6 Å². The number of benzene rings is 1. The topological polar surface area (TPSA) is 64.1 Å². The van der Waals surface area contributed by atoms with Crippen LogP contribution < -0.4 is 10.1 Å². The average molecular weight is 344 g/mol. The molecule has 1 heterocycles. The van der Waals surface area contributed by atoms with Gasteiger partial charge in [-0.1, -0.05) is 47.7 Å². The molecule has 112 valence electrons. The van der Waals surface area contributed by atoms with Crippen molar-refractivity contribution in [1.82, 2.24) is 10.2 Å². The largest absolute Gasteiger partial charge is 0.484 e. The highest BCUT2D eigenvalue weighted by atomic mass is 35.5. The van der Waals surface area contributed by atoms with E-state index in [1.807, 2.05) is 0 Å². The maximum atomic E-state index is 11.8. The molecule has 0 saturated carbocycles. The summed E-state index contributed by atoms with van der Waals surface area (Å²) in [5.74, 6) is 1.26. The molecule has 0 radical (unpaired) electrons. The number of rotatable bonds is 7. The molecule has 0 aliphatic carbocycles. The van der Waals surface area contributed by atoms with Crippen LogP contribution in [0.2, 0.25) is 5.02 Å². The third-order valence-electron chi connectivity index (χ3n) is 2.25. The number of hydrogen-bond acceptors (Lipinski definition) is 6. The van der Waals surface area contributed by atoms with Crippen molar-refractivity contribution in [2.45, 2.75) is 17.7 Å². The minimum absolute atomic E-state index is 0.0998. The van der Waals surface area contributed by atoms with Crippen LogP contribution in [0.25, 0.3) is 0 Å². The van der Waals surface area contributed by atoms with Crippen LogP contribution in [0, 0.1) is 0 Å². The highest BCUT2D eigenvalue weighted by Gasteiger charge is 2.09. The fourth-order valence-electron chi connectivity index (χ4n) is 1.37. The summed E-state index contributed by atoms with van der Waals surface area (Å²) in [4.78, 5) is 11.8. The van der Waals surface area contributed by atoms with Gasteiger partial charge in [0.05, 0.1) is 0 Å². The van der Waals surface area contributed by atoms with Crippen molar-refractivity contribution in [3.63, 3.8) is 0 Å². The van der Waals surface area contributed by atoms with Gasteiger partial charge in [0.25, 0.3) is 5.91 Å². The quantitative estimate of drug-likeness (QED) is 0.613. The first-order valence-corrected chi connectivity index (χ1v) is 8.50. The Bertz CT molecular complexity index is 607. The third kappa shape index (κ3) is 5.53. The molecule has 0 bridgehead atoms. The van der Waals surface area contributed by atoms with Crippen molar-refractivity contribution in [3.05, 3.63) is 29.3 Å². The molecule has 2 rings (SSSR count). The van der Waals surface area contributed by atoms with E-state index in [0.29, 0.717) is 15.9 Å². The van der Waals surface area contributed by atoms with E-state index >= 15 is 0 Å². The summed E-state index contributed by atoms with van der Waals surface area (Å²) in [5, 5.41) is 11.6. The van der Waals surface area contributed by atoms with Crippen LogP contribution in [0.5, 0.6) is 5.75 Å². The summed E-state index contributed by atoms with van der Waals surface area (Å²) in [7, 11) is 0. The van der Waals surface area contributed by atoms with E-state index in [2.05, 4.69) is 22.4 Å². The maximum Gasteiger partial charge on any atom is 0.264 e. The summed E-state index contributed by atoms with van der Waals surface area (Å²) < 4.78 is 6.20. The molecule has 1 aromatic heterocycles. The van der Waals surface area contributed by atoms with Crippen LogP contribution in [-0.2, 0) is 4.79 Å². The van der Waals surface area contributed by atoms with Crippen molar-refractivity contribution in [2.24, 2.45) is 0 Å². The van der Waals surface area contributed by atoms with E-state index in [1.54, 1.807) is 36.0 Å². The lowest BCUT2D eigenvalue weighted by molar-refractivity contribution is -0.118. The standard InChI is InChI=1S/C13H14ClN3O2S2/c1-2-6-20-13-17-16-12(21-13)15-11(18)8-19-10-5-3-4-9(14)7-10/h3-5,7H,2,6,8H2,1H3,(H,15,16,18). The minimum atomic E-state index is -0.279. The van der Waals surface area contributed by atoms with Gasteiger partial charge in [0.1, 0.15) is 5.75 Å². The molecular weight excluding hydrogens is 330 g/mol. The number of hydrogen-bond donors (Lipinski definition) is 1. The molecule has 0 atom stereocenters. The predicted molar refractivity (Wildman–Crippen MR) is 86.5 cm³/mol. The summed E-state index contributed by atoms with van der Waals surface area (Å²) >= 11 is 8.82. The summed E-state index contributed by atoms with van der Waals surface area (Å²) in [6.07, 6.45) is 1.07. The number of aromatic nitrogens is 2. The minimum Gasteiger partial charge on any atom is -0.484 e. The molecule has 1 aromatic carbocycles. The van der Waals surface area contributed by atoms with Gasteiger partial charge in [-0.15, -0.1) is 10.2 Å². The highest BCUT2D eigenvalue weighted by molar-refractivity contribution is 8.01. The zero-order chi connectivity index (χ0) is 15.1. The summed E-state index contributed by atoms with van der Waals surface area (Å²) in [6, 6.07) is 6.89. The van der Waals surface area contributed by atoms with Gasteiger partial charge in [-0.2, -0.15) is 0 Å². The van der Waals surface area contributed by atoms with Gasteiger partial charge in [0.15, 0.2) is 10.9 Å². The first kappa shape index (κ1) is 16.1. The second-order valence-corrected chi connectivity index (χ2v) is 6.77. The lowest BCUT2D eigenvalue weighted by atomic mass is 10.3. The average Bonchev–Trinajstić information content (AvgIpc) is 2.90. The Balaban J connectivity index is 1.80. The monoisotopic (exact) mass is 343 g/mol. The van der Waals surface area contributed by atoms with Crippen LogP contribution in [0.3, 0.4) is 0 Å². The van der Waals surface area contributed by atoms with E-state index < -0.39 is 0 Å². The maximum absolute atomic E-state index is 11.8. The molecule has 21 heavy (non-hydrogen) atoms. The lowest BCUT2D eigenvalue weighted by Crippen LogP contribution is -2.20. The summed E-state index contributed by atoms with van der Waals surface area (Å²) in [5.41, 5.74) is 0. The van der Waals surface area contributed by atoms with E-state index in [9.17, 15) is 4.79 Å². The van der Waals surface area contributed by atoms with Gasteiger partial charge in [0, 0.05) is 10.8 Å². The molecule has 5 nitrogen and oxygen atoms in total. The van der Waals surface area contributed by atoms with Crippen molar-refractivity contribution >= 4 is 45.7 Å². The lowest BCUT2D eigenvalue weighted by Gasteiger charge is -2.05. The first-order valence-electron chi connectivity index (χ1n) is 6.32. The molecule has 8 heteroatoms. The van der Waals surface area contributed by atoms with Crippen LogP contribution in [0.4, 0.5) is 5.13 Å². The second-order valence-electron chi connectivity index (χ2n) is 4.02. The van der Waals surface area contributed by atoms with Gasteiger partial charge in [-0.3, -0.25) is 10.1 Å². The van der Waals surface area contributed by atoms with E-state index in [4.69, 9.17) is 16.3 Å². The summed E-state index contributed by atoms with van der Waals surface area (Å²) in [6.45, 7) is 2.00. The number of thioether (sulfide) groups is 1. The van der Waals surface area contributed by atoms with Gasteiger partial charge in [-0.25, -0.2) is 0 Å². The fourth-order valence-corrected chi connectivity index (χ4v) is 3.24. The van der Waals surface area contributed by atoms with Crippen LogP contribution in [-0.4, -0.2) is 28.5 Å². The fraction of sp³-hybridized carbons (Fsp3) is 0.308. The number of nitrogens with zero attached hydrogens (tertiary/aromatic N) is 2. The number of ether oxygens (including phenoxy) is 1. The number of amides is 1. The molecule has 2 aromatic rings. The smallest absolute Gasteiger partial charge is 0.264 e. The zero-order valence-electron chi connectivity index (χ0n) is 11.3. The molecule has 0 unspecified atom stereocenters. The number of halogens is 1. The normalized spacial score (nSPS) is 10.4. The van der Waals surface area contributed by atoms with E-state index in [-0.39, 0.29) is 12.5 Å². The van der Waals surface area contributed by atoms with Crippen molar-refractivity contribution in [1.29, 1.82) is 0 Å². The predicted octanol–water partition coefficient (Wildman–Crippen LogP) is 3.71. The second kappa shape index (κ2) is 8.21. The van der Waals surface area contributed by atoms with E-state index in [1.165, 1.54) is 11.3 Å². The number of carbonyl (C=O) groups excluding carboxylic acids is 1. The first-order chi connectivity index (χ1) is 10.2. The zero-order valence-corrected chi connectivity index (χ0v) is 13.7. The molecule has 0 spiro atoms. The van der Waals surface area contributed by atoms with Crippen molar-refractivity contribution in [3.8, 4) is 5.75 Å². The van der Waals surface area contributed by atoms with Gasteiger partial charge in [0.2, 0.25) is 5.13 Å². The Kier molecular flexibility index (Phi) is 6.28. The van der Waals surface area contributed by atoms with Crippen molar-refractivity contribution in [2.75, 3.05) is 17.7 Å². The number of anilines is 1. The Labute approximate surface area is 136 Å². The van der Waals surface area contributed by atoms with Gasteiger partial charge >= 0.3 is 0 Å². The molecule has 1 N–H and O–H groups in total.